The Bertz CT molecular complexity index is 1490. The second-order valence-corrected chi connectivity index (χ2v) is 12.7. The first kappa shape index (κ1) is 25.0. The average molecular weight is 537 g/mol. The zero-order chi connectivity index (χ0) is 26.9. The summed E-state index contributed by atoms with van der Waals surface area (Å²) in [7, 11) is 2.09. The predicted molar refractivity (Wildman–Crippen MR) is 146 cm³/mol. The van der Waals surface area contributed by atoms with Crippen LogP contribution in [-0.2, 0) is 6.42 Å². The first-order chi connectivity index (χ1) is 18.0. The molecule has 1 aliphatic carbocycles. The smallest absolute Gasteiger partial charge is 0.276 e. The number of aromatic hydroxyl groups is 1. The number of nitrogens with zero attached hydrogens (tertiary/aromatic N) is 4. The number of amides is 1. The summed E-state index contributed by atoms with van der Waals surface area (Å²) in [5.41, 5.74) is -0.0362. The van der Waals surface area contributed by atoms with Gasteiger partial charge in [-0.1, -0.05) is 13.8 Å². The van der Waals surface area contributed by atoms with E-state index in [-0.39, 0.29) is 45.9 Å². The lowest BCUT2D eigenvalue weighted by Gasteiger charge is -2.39. The van der Waals surface area contributed by atoms with E-state index in [1.165, 1.54) is 12.3 Å². The van der Waals surface area contributed by atoms with Crippen molar-refractivity contribution >= 4 is 34.3 Å². The largest absolute Gasteiger partial charge is 0.504 e. The number of likely N-dealkylation sites (N-methyl/N-ethyl adjacent to an activating group) is 1. The summed E-state index contributed by atoms with van der Waals surface area (Å²) in [5, 5.41) is 18.2. The van der Waals surface area contributed by atoms with Gasteiger partial charge in [-0.15, -0.1) is 11.3 Å². The minimum atomic E-state index is -0.665. The Balaban J connectivity index is 1.26. The minimum absolute atomic E-state index is 0.0645. The van der Waals surface area contributed by atoms with E-state index in [2.05, 4.69) is 46.4 Å². The topological polar surface area (TPSA) is 128 Å². The molecule has 2 bridgehead atoms. The minimum Gasteiger partial charge on any atom is -0.504 e. The lowest BCUT2D eigenvalue weighted by Crippen LogP contribution is -2.53. The van der Waals surface area contributed by atoms with E-state index in [0.717, 1.165) is 41.3 Å². The van der Waals surface area contributed by atoms with Gasteiger partial charge in [0, 0.05) is 31.4 Å². The molecule has 4 heterocycles. The highest BCUT2D eigenvalue weighted by atomic mass is 32.1. The number of likely N-dealkylation sites (tertiary alicyclic amines) is 1. The van der Waals surface area contributed by atoms with Crippen LogP contribution in [0.2, 0.25) is 0 Å². The van der Waals surface area contributed by atoms with E-state index >= 15 is 0 Å². The summed E-state index contributed by atoms with van der Waals surface area (Å²) in [6.07, 6.45) is 5.29. The number of anilines is 3. The Morgan fingerprint density at radius 1 is 1.16 bits per heavy atom. The van der Waals surface area contributed by atoms with Crippen molar-refractivity contribution in [1.29, 1.82) is 0 Å². The molecule has 3 aliphatic rings. The summed E-state index contributed by atoms with van der Waals surface area (Å²) in [4.78, 5) is 52.6. The molecule has 38 heavy (non-hydrogen) atoms. The molecule has 3 unspecified atom stereocenters. The number of pyridine rings is 1. The lowest BCUT2D eigenvalue weighted by molar-refractivity contribution is 0.0516. The molecule has 0 radical (unpaired) electrons. The van der Waals surface area contributed by atoms with Crippen molar-refractivity contribution in [3.05, 3.63) is 54.0 Å². The molecule has 2 aliphatic heterocycles. The molecule has 0 saturated carbocycles. The van der Waals surface area contributed by atoms with Crippen molar-refractivity contribution in [2.75, 3.05) is 30.8 Å². The fraction of sp³-hybridized carbons (Fsp3) is 0.519. The van der Waals surface area contributed by atoms with Crippen LogP contribution in [0.25, 0.3) is 0 Å². The van der Waals surface area contributed by atoms with Crippen LogP contribution in [0, 0.1) is 12.3 Å². The molecule has 10 nitrogen and oxygen atoms in total. The van der Waals surface area contributed by atoms with Gasteiger partial charge in [-0.3, -0.25) is 19.3 Å². The summed E-state index contributed by atoms with van der Waals surface area (Å²) < 4.78 is 0. The summed E-state index contributed by atoms with van der Waals surface area (Å²) >= 11 is 1.60. The van der Waals surface area contributed by atoms with Gasteiger partial charge in [0.25, 0.3) is 16.8 Å². The number of carbonyl (C=O) groups excluding carboxylic acids is 1. The molecule has 200 valence electrons. The van der Waals surface area contributed by atoms with Crippen molar-refractivity contribution in [1.82, 2.24) is 19.8 Å². The summed E-state index contributed by atoms with van der Waals surface area (Å²) in [6.45, 7) is 7.42. The Morgan fingerprint density at radius 2 is 1.84 bits per heavy atom. The molecule has 3 N–H and O–H groups in total. The van der Waals surface area contributed by atoms with E-state index in [0.29, 0.717) is 25.2 Å². The zero-order valence-corrected chi connectivity index (χ0v) is 22.8. The standard InChI is InChI=1S/C27H32N6O4S/c1-13-29-17-7-9-27(2,3)25(24(17)38-13)31-19-18(22(35)23(19)36)30-16-8-10-28-20(21(16)34)26(37)33-11-14-5-6-15(12-33)32(14)4/h8,10,14-15,25,31,34H,5-7,9,11-12H2,1-4H3,(H,28,30). The number of hydrogen-bond acceptors (Lipinski definition) is 10. The number of carbonyl (C=O) groups is 1. The average Bonchev–Trinajstić information content (AvgIpc) is 3.33. The lowest BCUT2D eigenvalue weighted by atomic mass is 9.74. The van der Waals surface area contributed by atoms with E-state index in [1.54, 1.807) is 16.2 Å². The Labute approximate surface area is 224 Å². The first-order valence-electron chi connectivity index (χ1n) is 13.1. The van der Waals surface area contributed by atoms with E-state index in [9.17, 15) is 19.5 Å². The van der Waals surface area contributed by atoms with Crippen LogP contribution in [-0.4, -0.2) is 63.0 Å². The van der Waals surface area contributed by atoms with Gasteiger partial charge in [0.2, 0.25) is 0 Å². The van der Waals surface area contributed by atoms with Gasteiger partial charge in [-0.2, -0.15) is 0 Å². The van der Waals surface area contributed by atoms with Crippen LogP contribution in [0.5, 0.6) is 5.75 Å². The third-order valence-corrected chi connectivity index (χ3v) is 9.68. The van der Waals surface area contributed by atoms with Crippen LogP contribution in [0.3, 0.4) is 0 Å². The summed E-state index contributed by atoms with van der Waals surface area (Å²) in [5.74, 6) is -0.669. The van der Waals surface area contributed by atoms with Crippen molar-refractivity contribution < 1.29 is 9.90 Å². The Hall–Kier alpha value is -3.31. The van der Waals surface area contributed by atoms with E-state index in [1.807, 2.05) is 6.92 Å². The maximum atomic E-state index is 13.3. The van der Waals surface area contributed by atoms with Crippen LogP contribution >= 0.6 is 11.3 Å². The molecular weight excluding hydrogens is 504 g/mol. The molecule has 3 aromatic rings. The molecule has 2 saturated heterocycles. The number of piperazine rings is 1. The molecule has 11 heteroatoms. The Kier molecular flexibility index (Phi) is 5.84. The van der Waals surface area contributed by atoms with Gasteiger partial charge in [0.1, 0.15) is 11.4 Å². The number of aromatic nitrogens is 2. The molecule has 3 atom stereocenters. The van der Waals surface area contributed by atoms with Gasteiger partial charge >= 0.3 is 0 Å². The van der Waals surface area contributed by atoms with Gasteiger partial charge in [0.15, 0.2) is 11.4 Å². The molecule has 0 spiro atoms. The number of hydrogen-bond donors (Lipinski definition) is 3. The number of rotatable bonds is 5. The van der Waals surface area contributed by atoms with E-state index < -0.39 is 10.9 Å². The van der Waals surface area contributed by atoms with Crippen LogP contribution in [0.15, 0.2) is 21.9 Å². The molecule has 2 fully saturated rings. The monoisotopic (exact) mass is 536 g/mol. The van der Waals surface area contributed by atoms with Crippen LogP contribution in [0.4, 0.5) is 17.1 Å². The second-order valence-electron chi connectivity index (χ2n) is 11.5. The van der Waals surface area contributed by atoms with Crippen LogP contribution < -0.4 is 21.5 Å². The highest BCUT2D eigenvalue weighted by Gasteiger charge is 2.41. The van der Waals surface area contributed by atoms with Crippen molar-refractivity contribution in [3.8, 4) is 5.75 Å². The fourth-order valence-electron chi connectivity index (χ4n) is 6.16. The number of nitrogens with one attached hydrogen (secondary N) is 2. The highest BCUT2D eigenvalue weighted by Crippen LogP contribution is 2.47. The van der Waals surface area contributed by atoms with Crippen molar-refractivity contribution in [2.45, 2.75) is 64.6 Å². The molecule has 2 aromatic heterocycles. The van der Waals surface area contributed by atoms with Crippen molar-refractivity contribution in [2.24, 2.45) is 5.41 Å². The third-order valence-electron chi connectivity index (χ3n) is 8.60. The third kappa shape index (κ3) is 3.90. The van der Waals surface area contributed by atoms with Crippen LogP contribution in [0.1, 0.15) is 65.2 Å². The fourth-order valence-corrected chi connectivity index (χ4v) is 7.40. The maximum absolute atomic E-state index is 13.3. The number of aryl methyl sites for hydroxylation is 2. The molecule has 6 rings (SSSR count). The molecule has 1 aromatic carbocycles. The van der Waals surface area contributed by atoms with Gasteiger partial charge in [-0.25, -0.2) is 9.97 Å². The maximum Gasteiger partial charge on any atom is 0.276 e. The Morgan fingerprint density at radius 3 is 2.55 bits per heavy atom. The summed E-state index contributed by atoms with van der Waals surface area (Å²) in [6, 6.07) is 1.93. The number of thiazole rings is 1. The van der Waals surface area contributed by atoms with E-state index in [4.69, 9.17) is 0 Å². The normalized spacial score (nSPS) is 24.4. The number of fused-ring (bicyclic) bond motifs is 3. The zero-order valence-electron chi connectivity index (χ0n) is 22.0. The highest BCUT2D eigenvalue weighted by molar-refractivity contribution is 7.11. The van der Waals surface area contributed by atoms with Gasteiger partial charge < -0.3 is 20.6 Å². The first-order valence-corrected chi connectivity index (χ1v) is 13.9. The predicted octanol–water partition coefficient (Wildman–Crippen LogP) is 2.94. The molecular formula is C27H32N6O4S. The quantitative estimate of drug-likeness (QED) is 0.422. The van der Waals surface area contributed by atoms with Gasteiger partial charge in [-0.05, 0) is 51.1 Å². The SMILES string of the molecule is Cc1nc2c(s1)C(Nc1c(Nc3ccnc(C(=O)N4CC5CCC(C4)N5C)c3O)c(=O)c1=O)C(C)(C)CC2. The van der Waals surface area contributed by atoms with Crippen molar-refractivity contribution in [3.63, 3.8) is 0 Å². The van der Waals surface area contributed by atoms with Gasteiger partial charge in [0.05, 0.1) is 27.3 Å². The molecule has 1 amide bonds. The second kappa shape index (κ2) is 8.88.